The number of hydrogen-bond acceptors (Lipinski definition) is 6. The summed E-state index contributed by atoms with van der Waals surface area (Å²) in [6.45, 7) is 0.436. The van der Waals surface area contributed by atoms with E-state index in [2.05, 4.69) is 15.4 Å². The predicted octanol–water partition coefficient (Wildman–Crippen LogP) is 2.66. The summed E-state index contributed by atoms with van der Waals surface area (Å²) in [6.07, 6.45) is 3.54. The van der Waals surface area contributed by atoms with Crippen LogP contribution in [0, 0.1) is 21.4 Å². The molecule has 0 radical (unpaired) electrons. The number of aromatic nitrogens is 3. The lowest BCUT2D eigenvalue weighted by Crippen LogP contribution is -2.07. The molecule has 0 saturated heterocycles. The highest BCUT2D eigenvalue weighted by molar-refractivity contribution is 5.51. The molecule has 2 heterocycles. The number of nitro groups is 1. The molecule has 0 aliphatic rings. The summed E-state index contributed by atoms with van der Waals surface area (Å²) >= 11 is 0. The molecule has 118 valence electrons. The Kier molecular flexibility index (Phi) is 4.16. The van der Waals surface area contributed by atoms with Crippen LogP contribution in [0.1, 0.15) is 11.3 Å². The topological polar surface area (TPSA) is 110 Å². The van der Waals surface area contributed by atoms with Crippen molar-refractivity contribution in [3.05, 3.63) is 76.2 Å². The highest BCUT2D eigenvalue weighted by Crippen LogP contribution is 2.19. The van der Waals surface area contributed by atoms with Gasteiger partial charge in [-0.05, 0) is 23.8 Å². The highest BCUT2D eigenvalue weighted by Gasteiger charge is 2.15. The van der Waals surface area contributed by atoms with Crippen molar-refractivity contribution in [2.24, 2.45) is 0 Å². The van der Waals surface area contributed by atoms with Crippen molar-refractivity contribution in [2.75, 3.05) is 5.32 Å². The Morgan fingerprint density at radius 3 is 2.79 bits per heavy atom. The molecule has 0 aliphatic heterocycles. The third-order valence-corrected chi connectivity index (χ3v) is 3.38. The van der Waals surface area contributed by atoms with Crippen molar-refractivity contribution in [3.8, 4) is 11.8 Å². The fraction of sp³-hybridized carbons (Fsp3) is 0.0625. The van der Waals surface area contributed by atoms with E-state index in [1.807, 2.05) is 36.5 Å². The average Bonchev–Trinajstić information content (AvgIpc) is 3.14. The zero-order chi connectivity index (χ0) is 16.9. The van der Waals surface area contributed by atoms with Crippen LogP contribution in [-0.2, 0) is 6.54 Å². The molecule has 2 aromatic heterocycles. The summed E-state index contributed by atoms with van der Waals surface area (Å²) < 4.78 is 1.75. The SMILES string of the molecule is N#Cc1nc(NCc2ccccc2-n2cccn2)ccc1[N+](=O)[O-]. The van der Waals surface area contributed by atoms with E-state index in [0.29, 0.717) is 12.4 Å². The van der Waals surface area contributed by atoms with Crippen molar-refractivity contribution < 1.29 is 4.92 Å². The molecule has 0 amide bonds. The van der Waals surface area contributed by atoms with Gasteiger partial charge in [0, 0.05) is 25.0 Å². The molecule has 8 heteroatoms. The Balaban J connectivity index is 1.83. The molecule has 1 N–H and O–H groups in total. The zero-order valence-corrected chi connectivity index (χ0v) is 12.5. The minimum Gasteiger partial charge on any atom is -0.366 e. The van der Waals surface area contributed by atoms with Gasteiger partial charge in [0.1, 0.15) is 11.9 Å². The first-order chi connectivity index (χ1) is 11.7. The minimum absolute atomic E-state index is 0.217. The van der Waals surface area contributed by atoms with Crippen LogP contribution in [-0.4, -0.2) is 19.7 Å². The van der Waals surface area contributed by atoms with Crippen molar-refractivity contribution >= 4 is 11.5 Å². The van der Waals surface area contributed by atoms with E-state index < -0.39 is 4.92 Å². The molecule has 3 rings (SSSR count). The van der Waals surface area contributed by atoms with Crippen LogP contribution in [0.5, 0.6) is 0 Å². The van der Waals surface area contributed by atoms with E-state index in [1.165, 1.54) is 12.1 Å². The van der Waals surface area contributed by atoms with Crippen LogP contribution in [0.15, 0.2) is 54.9 Å². The summed E-state index contributed by atoms with van der Waals surface area (Å²) in [5.74, 6) is 0.396. The lowest BCUT2D eigenvalue weighted by atomic mass is 10.2. The number of benzene rings is 1. The van der Waals surface area contributed by atoms with Gasteiger partial charge in [0.05, 0.1) is 10.6 Å². The van der Waals surface area contributed by atoms with Gasteiger partial charge in [-0.2, -0.15) is 10.4 Å². The first-order valence-electron chi connectivity index (χ1n) is 7.06. The Morgan fingerprint density at radius 1 is 1.25 bits per heavy atom. The van der Waals surface area contributed by atoms with Crippen LogP contribution in [0.2, 0.25) is 0 Å². The van der Waals surface area contributed by atoms with Crippen LogP contribution in [0.3, 0.4) is 0 Å². The molecular formula is C16H12N6O2. The fourth-order valence-electron chi connectivity index (χ4n) is 2.26. The smallest absolute Gasteiger partial charge is 0.305 e. The van der Waals surface area contributed by atoms with Gasteiger partial charge in [0.15, 0.2) is 0 Å². The van der Waals surface area contributed by atoms with E-state index in [9.17, 15) is 10.1 Å². The number of anilines is 1. The molecule has 0 bridgehead atoms. The summed E-state index contributed by atoms with van der Waals surface area (Å²) in [5, 5.41) is 27.1. The standard InChI is InChI=1S/C16H12N6O2/c17-10-13-15(22(23)24)6-7-16(20-13)18-11-12-4-1-2-5-14(12)21-9-3-8-19-21/h1-9H,11H2,(H,18,20). The fourth-order valence-corrected chi connectivity index (χ4v) is 2.26. The maximum atomic E-state index is 10.8. The molecule has 0 saturated carbocycles. The van der Waals surface area contributed by atoms with Gasteiger partial charge in [-0.15, -0.1) is 0 Å². The summed E-state index contributed by atoms with van der Waals surface area (Å²) in [7, 11) is 0. The third kappa shape index (κ3) is 3.05. The molecule has 0 unspecified atom stereocenters. The predicted molar refractivity (Wildman–Crippen MR) is 86.5 cm³/mol. The lowest BCUT2D eigenvalue weighted by Gasteiger charge is -2.11. The van der Waals surface area contributed by atoms with Crippen molar-refractivity contribution in [1.29, 1.82) is 5.26 Å². The van der Waals surface area contributed by atoms with Crippen molar-refractivity contribution in [2.45, 2.75) is 6.54 Å². The van der Waals surface area contributed by atoms with E-state index in [1.54, 1.807) is 16.9 Å². The molecular weight excluding hydrogens is 308 g/mol. The normalized spacial score (nSPS) is 10.1. The molecule has 0 fully saturated rings. The minimum atomic E-state index is -0.623. The van der Waals surface area contributed by atoms with Gasteiger partial charge in [-0.1, -0.05) is 18.2 Å². The number of hydrogen-bond donors (Lipinski definition) is 1. The molecule has 0 aliphatic carbocycles. The molecule has 1 aromatic carbocycles. The van der Waals surface area contributed by atoms with E-state index in [4.69, 9.17) is 5.26 Å². The largest absolute Gasteiger partial charge is 0.366 e. The molecule has 24 heavy (non-hydrogen) atoms. The van der Waals surface area contributed by atoms with E-state index in [-0.39, 0.29) is 11.4 Å². The van der Waals surface area contributed by atoms with Gasteiger partial charge in [-0.3, -0.25) is 10.1 Å². The third-order valence-electron chi connectivity index (χ3n) is 3.38. The number of nitriles is 1. The molecule has 0 atom stereocenters. The van der Waals surface area contributed by atoms with Gasteiger partial charge < -0.3 is 5.32 Å². The Morgan fingerprint density at radius 2 is 2.08 bits per heavy atom. The van der Waals surface area contributed by atoms with Crippen molar-refractivity contribution in [1.82, 2.24) is 14.8 Å². The van der Waals surface area contributed by atoms with Gasteiger partial charge >= 0.3 is 5.69 Å². The number of rotatable bonds is 5. The van der Waals surface area contributed by atoms with Crippen LogP contribution in [0.4, 0.5) is 11.5 Å². The summed E-state index contributed by atoms with van der Waals surface area (Å²) in [4.78, 5) is 14.2. The van der Waals surface area contributed by atoms with Gasteiger partial charge in [-0.25, -0.2) is 9.67 Å². The maximum absolute atomic E-state index is 10.8. The first kappa shape index (κ1) is 15.2. The monoisotopic (exact) mass is 320 g/mol. The van der Waals surface area contributed by atoms with Crippen LogP contribution in [0.25, 0.3) is 5.69 Å². The highest BCUT2D eigenvalue weighted by atomic mass is 16.6. The average molecular weight is 320 g/mol. The van der Waals surface area contributed by atoms with Gasteiger partial charge in [0.25, 0.3) is 0 Å². The Bertz CT molecular complexity index is 915. The van der Waals surface area contributed by atoms with E-state index in [0.717, 1.165) is 11.3 Å². The van der Waals surface area contributed by atoms with Crippen LogP contribution >= 0.6 is 0 Å². The number of para-hydroxylation sites is 1. The number of nitrogens with zero attached hydrogens (tertiary/aromatic N) is 5. The molecule has 8 nitrogen and oxygen atoms in total. The second kappa shape index (κ2) is 6.58. The number of pyridine rings is 1. The second-order valence-corrected chi connectivity index (χ2v) is 4.87. The Labute approximate surface area is 137 Å². The molecule has 0 spiro atoms. The summed E-state index contributed by atoms with van der Waals surface area (Å²) in [6, 6.07) is 14.0. The molecule has 3 aromatic rings. The van der Waals surface area contributed by atoms with Gasteiger partial charge in [0.2, 0.25) is 5.69 Å². The number of nitrogens with one attached hydrogen (secondary N) is 1. The quantitative estimate of drug-likeness (QED) is 0.571. The zero-order valence-electron chi connectivity index (χ0n) is 12.5. The summed E-state index contributed by atoms with van der Waals surface area (Å²) in [5.41, 5.74) is 1.36. The van der Waals surface area contributed by atoms with E-state index >= 15 is 0 Å². The first-order valence-corrected chi connectivity index (χ1v) is 7.06. The lowest BCUT2D eigenvalue weighted by molar-refractivity contribution is -0.385. The maximum Gasteiger partial charge on any atom is 0.305 e. The Hall–Kier alpha value is -3.73. The van der Waals surface area contributed by atoms with Crippen LogP contribution < -0.4 is 5.32 Å². The second-order valence-electron chi connectivity index (χ2n) is 4.87. The van der Waals surface area contributed by atoms with Crippen molar-refractivity contribution in [3.63, 3.8) is 0 Å².